The van der Waals surface area contributed by atoms with E-state index in [9.17, 15) is 27.6 Å². The van der Waals surface area contributed by atoms with Crippen molar-refractivity contribution in [3.05, 3.63) is 46.2 Å². The number of esters is 2. The normalized spacial score (nSPS) is 12.8. The number of Topliss-reactive ketones (excluding diaryl/α,β-unsaturated/α-hetero) is 1. The summed E-state index contributed by atoms with van der Waals surface area (Å²) in [5.74, 6) is -3.02. The number of ketones is 1. The number of benzene rings is 1. The molecule has 11 nitrogen and oxygen atoms in total. The number of hydrogen-bond donors (Lipinski definition) is 1. The van der Waals surface area contributed by atoms with Gasteiger partial charge < -0.3 is 13.9 Å². The summed E-state index contributed by atoms with van der Waals surface area (Å²) in [6, 6.07) is 4.45. The lowest BCUT2D eigenvalue weighted by Gasteiger charge is -2.16. The summed E-state index contributed by atoms with van der Waals surface area (Å²) in [4.78, 5) is 49.0. The van der Waals surface area contributed by atoms with E-state index in [0.717, 1.165) is 6.26 Å². The second kappa shape index (κ2) is 9.67. The molecule has 3 rings (SSSR count). The first kappa shape index (κ1) is 25.0. The Morgan fingerprint density at radius 2 is 1.82 bits per heavy atom. The van der Waals surface area contributed by atoms with Crippen LogP contribution in [0.2, 0.25) is 0 Å². The summed E-state index contributed by atoms with van der Waals surface area (Å²) in [6.45, 7) is 3.95. The second-order valence-corrected chi connectivity index (χ2v) is 9.47. The second-order valence-electron chi connectivity index (χ2n) is 7.57. The van der Waals surface area contributed by atoms with Crippen LogP contribution in [-0.4, -0.2) is 58.1 Å². The maximum absolute atomic E-state index is 12.4. The van der Waals surface area contributed by atoms with Gasteiger partial charge in [0.25, 0.3) is 5.91 Å². The average Bonchev–Trinajstić information content (AvgIpc) is 3.32. The molecule has 182 valence electrons. The van der Waals surface area contributed by atoms with Gasteiger partial charge in [-0.3, -0.25) is 19.2 Å². The van der Waals surface area contributed by atoms with E-state index in [1.54, 1.807) is 6.92 Å². The number of nitrogens with zero attached hydrogens (tertiary/aromatic N) is 1. The van der Waals surface area contributed by atoms with Crippen LogP contribution >= 0.6 is 0 Å². The van der Waals surface area contributed by atoms with Gasteiger partial charge in [0.05, 0.1) is 29.7 Å². The number of carbonyl (C=O) groups excluding carboxylic acids is 4. The summed E-state index contributed by atoms with van der Waals surface area (Å²) in [6.07, 6.45) is 1.55. The molecule has 0 unspecified atom stereocenters. The molecule has 2 heterocycles. The Hall–Kier alpha value is -3.67. The van der Waals surface area contributed by atoms with Gasteiger partial charge >= 0.3 is 11.9 Å². The minimum atomic E-state index is -3.42. The van der Waals surface area contributed by atoms with E-state index in [2.05, 4.69) is 5.32 Å². The zero-order valence-electron chi connectivity index (χ0n) is 19.1. The Bertz CT molecular complexity index is 1280. The standard InChI is InChI=1S/C22H24N2O9S/c1-5-31-22(28)19-18(12(2)25)13(3)33-20(19)23-17(26)11-32-21(27)15-6-7-16-14(10-15)8-9-24(16)34(4,29)30/h6-7,10H,5,8-9,11H2,1-4H3,(H,23,26). The van der Waals surface area contributed by atoms with E-state index in [1.165, 1.54) is 36.4 Å². The van der Waals surface area contributed by atoms with Gasteiger partial charge in [0.2, 0.25) is 15.9 Å². The molecule has 0 radical (unpaired) electrons. The lowest BCUT2D eigenvalue weighted by Crippen LogP contribution is -2.27. The molecule has 0 spiro atoms. The maximum Gasteiger partial charge on any atom is 0.344 e. The van der Waals surface area contributed by atoms with Gasteiger partial charge in [-0.25, -0.2) is 18.0 Å². The predicted octanol–water partition coefficient (Wildman–Crippen LogP) is 2.08. The molecule has 1 amide bonds. The summed E-state index contributed by atoms with van der Waals surface area (Å²) >= 11 is 0. The summed E-state index contributed by atoms with van der Waals surface area (Å²) in [5.41, 5.74) is 1.11. The number of carbonyl (C=O) groups is 4. The van der Waals surface area contributed by atoms with Gasteiger partial charge in [-0.15, -0.1) is 0 Å². The molecule has 1 aromatic heterocycles. The monoisotopic (exact) mass is 492 g/mol. The van der Waals surface area contributed by atoms with E-state index in [1.807, 2.05) is 0 Å². The van der Waals surface area contributed by atoms with Gasteiger partial charge in [0, 0.05) is 6.54 Å². The van der Waals surface area contributed by atoms with E-state index in [0.29, 0.717) is 17.7 Å². The number of anilines is 2. The van der Waals surface area contributed by atoms with Crippen molar-refractivity contribution in [3.63, 3.8) is 0 Å². The van der Waals surface area contributed by atoms with Gasteiger partial charge in [-0.2, -0.15) is 0 Å². The minimum absolute atomic E-state index is 0.00739. The number of fused-ring (bicyclic) bond motifs is 1. The van der Waals surface area contributed by atoms with Crippen molar-refractivity contribution in [2.75, 3.05) is 35.6 Å². The molecule has 0 saturated carbocycles. The molecular weight excluding hydrogens is 468 g/mol. The van der Waals surface area contributed by atoms with Crippen LogP contribution in [0.15, 0.2) is 22.6 Å². The van der Waals surface area contributed by atoms with Crippen LogP contribution in [0, 0.1) is 6.92 Å². The largest absolute Gasteiger partial charge is 0.462 e. The van der Waals surface area contributed by atoms with E-state index < -0.39 is 40.3 Å². The number of furan rings is 1. The van der Waals surface area contributed by atoms with Crippen LogP contribution < -0.4 is 9.62 Å². The molecule has 12 heteroatoms. The smallest absolute Gasteiger partial charge is 0.344 e. The molecule has 34 heavy (non-hydrogen) atoms. The van der Waals surface area contributed by atoms with Crippen molar-refractivity contribution in [1.29, 1.82) is 0 Å². The number of nitrogens with one attached hydrogen (secondary N) is 1. The van der Waals surface area contributed by atoms with Crippen molar-refractivity contribution < 1.29 is 41.5 Å². The summed E-state index contributed by atoms with van der Waals surface area (Å²) in [7, 11) is -3.42. The van der Waals surface area contributed by atoms with E-state index in [-0.39, 0.29) is 41.5 Å². The van der Waals surface area contributed by atoms with E-state index >= 15 is 0 Å². The Morgan fingerprint density at radius 1 is 1.12 bits per heavy atom. The highest BCUT2D eigenvalue weighted by atomic mass is 32.2. The minimum Gasteiger partial charge on any atom is -0.462 e. The van der Waals surface area contributed by atoms with Crippen LogP contribution in [-0.2, 0) is 30.7 Å². The van der Waals surface area contributed by atoms with Crippen molar-refractivity contribution >= 4 is 45.2 Å². The SMILES string of the molecule is CCOC(=O)c1c(NC(=O)COC(=O)c2ccc3c(c2)CCN3S(C)(=O)=O)oc(C)c1C(C)=O. The highest BCUT2D eigenvalue weighted by molar-refractivity contribution is 7.92. The Kier molecular flexibility index (Phi) is 7.10. The zero-order chi connectivity index (χ0) is 25.2. The first-order valence-electron chi connectivity index (χ1n) is 10.3. The van der Waals surface area contributed by atoms with Gasteiger partial charge in [-0.1, -0.05) is 0 Å². The first-order chi connectivity index (χ1) is 15.9. The molecule has 2 aromatic rings. The molecule has 1 aromatic carbocycles. The lowest BCUT2D eigenvalue weighted by atomic mass is 10.1. The van der Waals surface area contributed by atoms with Gasteiger partial charge in [0.1, 0.15) is 11.3 Å². The van der Waals surface area contributed by atoms with Crippen LogP contribution in [0.3, 0.4) is 0 Å². The van der Waals surface area contributed by atoms with E-state index in [4.69, 9.17) is 13.9 Å². The average molecular weight is 493 g/mol. The van der Waals surface area contributed by atoms with Crippen LogP contribution in [0.1, 0.15) is 56.2 Å². The number of aryl methyl sites for hydroxylation is 1. The van der Waals surface area contributed by atoms with Crippen molar-refractivity contribution in [3.8, 4) is 0 Å². The third kappa shape index (κ3) is 5.11. The van der Waals surface area contributed by atoms with Crippen LogP contribution in [0.4, 0.5) is 11.6 Å². The fourth-order valence-electron chi connectivity index (χ4n) is 3.67. The Morgan fingerprint density at radius 3 is 2.44 bits per heavy atom. The number of sulfonamides is 1. The summed E-state index contributed by atoms with van der Waals surface area (Å²) < 4.78 is 40.3. The topological polar surface area (TPSA) is 149 Å². The molecule has 1 N–H and O–H groups in total. The maximum atomic E-state index is 12.4. The molecule has 1 aliphatic heterocycles. The van der Waals surface area contributed by atoms with Gasteiger partial charge in [-0.05, 0) is 51.0 Å². The lowest BCUT2D eigenvalue weighted by molar-refractivity contribution is -0.119. The molecule has 0 aliphatic carbocycles. The van der Waals surface area contributed by atoms with Crippen molar-refractivity contribution in [2.45, 2.75) is 27.2 Å². The predicted molar refractivity (Wildman–Crippen MR) is 121 cm³/mol. The first-order valence-corrected chi connectivity index (χ1v) is 12.2. The zero-order valence-corrected chi connectivity index (χ0v) is 19.9. The quantitative estimate of drug-likeness (QED) is 0.432. The number of ether oxygens (including phenoxy) is 2. The van der Waals surface area contributed by atoms with Crippen molar-refractivity contribution in [1.82, 2.24) is 0 Å². The third-order valence-corrected chi connectivity index (χ3v) is 6.25. The highest BCUT2D eigenvalue weighted by Crippen LogP contribution is 2.31. The Balaban J connectivity index is 1.69. The highest BCUT2D eigenvalue weighted by Gasteiger charge is 2.29. The molecule has 1 aliphatic rings. The molecule has 0 atom stereocenters. The number of amides is 1. The van der Waals surface area contributed by atoms with Crippen LogP contribution in [0.25, 0.3) is 0 Å². The van der Waals surface area contributed by atoms with Crippen molar-refractivity contribution in [2.24, 2.45) is 0 Å². The third-order valence-electron chi connectivity index (χ3n) is 5.07. The number of rotatable bonds is 8. The van der Waals surface area contributed by atoms with Gasteiger partial charge in [0.15, 0.2) is 12.4 Å². The molecule has 0 bridgehead atoms. The summed E-state index contributed by atoms with van der Waals surface area (Å²) in [5, 5.41) is 2.33. The fraction of sp³-hybridized carbons (Fsp3) is 0.364. The molecular formula is C22H24N2O9S. The number of hydrogen-bond acceptors (Lipinski definition) is 9. The molecule has 0 saturated heterocycles. The van der Waals surface area contributed by atoms with Crippen LogP contribution in [0.5, 0.6) is 0 Å². The Labute approximate surface area is 196 Å². The molecule has 0 fully saturated rings. The fourth-order valence-corrected chi connectivity index (χ4v) is 4.63.